The third-order valence-corrected chi connectivity index (χ3v) is 12.0. The van der Waals surface area contributed by atoms with Gasteiger partial charge in [0.05, 0.1) is 43.9 Å². The number of benzene rings is 1. The summed E-state index contributed by atoms with van der Waals surface area (Å²) in [7, 11) is -4.91. The van der Waals surface area contributed by atoms with Gasteiger partial charge in [0.15, 0.2) is 0 Å². The minimum Gasteiger partial charge on any atom is -0.394 e. The molecule has 63 heavy (non-hydrogen) atoms. The first-order valence-corrected chi connectivity index (χ1v) is 22.8. The molecule has 6 amide bonds. The molecule has 1 aromatic carbocycles. The molecule has 9 atom stereocenters. The topological polar surface area (TPSA) is 314 Å². The Morgan fingerprint density at radius 3 is 2.21 bits per heavy atom. The van der Waals surface area contributed by atoms with Gasteiger partial charge in [-0.3, -0.25) is 37.8 Å². The van der Waals surface area contributed by atoms with Crippen LogP contribution >= 0.6 is 20.5 Å². The summed E-state index contributed by atoms with van der Waals surface area (Å²) in [5, 5.41) is 38.9. The average Bonchev–Trinajstić information content (AvgIpc) is 3.92. The number of aliphatic hydroxyl groups is 3. The van der Waals surface area contributed by atoms with Crippen LogP contribution in [-0.4, -0.2) is 145 Å². The molecule has 0 radical (unpaired) electrons. The molecule has 1 aromatic heterocycles. The lowest BCUT2D eigenvalue weighted by atomic mass is 9.88. The monoisotopic (exact) mass is 926 g/mol. The van der Waals surface area contributed by atoms with Crippen molar-refractivity contribution in [3.8, 4) is 0 Å². The van der Waals surface area contributed by atoms with E-state index in [9.17, 15) is 48.4 Å². The van der Waals surface area contributed by atoms with Gasteiger partial charge in [0.25, 0.3) is 0 Å². The van der Waals surface area contributed by atoms with Gasteiger partial charge < -0.3 is 56.7 Å². The first-order chi connectivity index (χ1) is 29.7. The van der Waals surface area contributed by atoms with Gasteiger partial charge in [-0.1, -0.05) is 44.2 Å². The minimum atomic E-state index is -4.91. The standard InChI is InChI=1S/C40H63N8O13PS/c1-24(2)18-30(44-39(57)33-12-9-15-47(33)26(4)51)36(54)43-31(19-28-20-42-23-48(28)40(5,14-17-63)27-10-7-6-8-11-27)37(55)45-32(22-50)38(56)46-34(35(41)53)25(3)61-62(58,59)60-16-13-29(52)21-49/h6-8,10-11,20,23-25,29-34,49-50,52,63H,9,12-19,21-22H2,1-5H3,(H2,41,53)(H,43,54)(H,44,57)(H,45,55)(H,46,56)(H,58,59). The first kappa shape index (κ1) is 52.9. The van der Waals surface area contributed by atoms with Crippen LogP contribution in [-0.2, 0) is 54.3 Å². The first-order valence-electron chi connectivity index (χ1n) is 20.7. The molecule has 0 spiro atoms. The van der Waals surface area contributed by atoms with Crippen LogP contribution in [0.25, 0.3) is 0 Å². The molecule has 1 fully saturated rings. The molecule has 352 valence electrons. The van der Waals surface area contributed by atoms with Crippen LogP contribution in [0, 0.1) is 5.92 Å². The molecule has 10 N–H and O–H groups in total. The number of hydrogen-bond donors (Lipinski definition) is 10. The van der Waals surface area contributed by atoms with Crippen LogP contribution < -0.4 is 27.0 Å². The Bertz CT molecular complexity index is 1910. The van der Waals surface area contributed by atoms with Crippen molar-refractivity contribution in [2.45, 2.75) is 121 Å². The number of hydrogen-bond acceptors (Lipinski definition) is 14. The summed E-state index contributed by atoms with van der Waals surface area (Å²) < 4.78 is 24.2. The third-order valence-electron chi connectivity index (χ3n) is 10.7. The Balaban J connectivity index is 1.94. The van der Waals surface area contributed by atoms with Gasteiger partial charge >= 0.3 is 7.82 Å². The number of nitrogens with two attached hydrogens (primary N) is 1. The Hall–Kier alpha value is -4.41. The summed E-state index contributed by atoms with van der Waals surface area (Å²) in [4.78, 5) is 96.3. The number of primary amides is 1. The van der Waals surface area contributed by atoms with E-state index in [4.69, 9.17) is 19.9 Å². The number of phosphoric ester groups is 1. The molecule has 0 saturated carbocycles. The SMILES string of the molecule is CC(=O)N1CCCC1C(=O)NC(CC(C)C)C(=O)NC(Cc1cncn1C(C)(CCS)c1ccccc1)C(=O)NC(CO)C(=O)NC(C(N)=O)C(C)OP(=O)(O)OCCC(O)CO. The fourth-order valence-electron chi connectivity index (χ4n) is 7.25. The number of likely N-dealkylation sites (tertiary alicyclic amines) is 1. The molecule has 2 aromatic rings. The summed E-state index contributed by atoms with van der Waals surface area (Å²) in [6.07, 6.45) is 1.48. The maximum Gasteiger partial charge on any atom is 0.472 e. The molecule has 23 heteroatoms. The van der Waals surface area contributed by atoms with E-state index in [1.807, 2.05) is 55.7 Å². The number of thiol groups is 1. The van der Waals surface area contributed by atoms with E-state index in [1.165, 1.54) is 18.0 Å². The highest BCUT2D eigenvalue weighted by atomic mass is 32.1. The number of amides is 6. The van der Waals surface area contributed by atoms with E-state index >= 15 is 0 Å². The van der Waals surface area contributed by atoms with Gasteiger partial charge in [-0.05, 0) is 63.2 Å². The van der Waals surface area contributed by atoms with Gasteiger partial charge in [0.2, 0.25) is 35.4 Å². The van der Waals surface area contributed by atoms with Crippen molar-refractivity contribution in [3.05, 3.63) is 54.1 Å². The fourth-order valence-corrected chi connectivity index (χ4v) is 8.63. The predicted octanol–water partition coefficient (Wildman–Crippen LogP) is -0.752. The Morgan fingerprint density at radius 1 is 0.984 bits per heavy atom. The molecule has 1 aliphatic rings. The zero-order chi connectivity index (χ0) is 47.1. The van der Waals surface area contributed by atoms with Gasteiger partial charge in [0.1, 0.15) is 30.2 Å². The van der Waals surface area contributed by atoms with Crippen LogP contribution in [0.3, 0.4) is 0 Å². The van der Waals surface area contributed by atoms with Crippen molar-refractivity contribution in [3.63, 3.8) is 0 Å². The smallest absolute Gasteiger partial charge is 0.394 e. The van der Waals surface area contributed by atoms with E-state index in [1.54, 1.807) is 6.33 Å². The van der Waals surface area contributed by atoms with Crippen LogP contribution in [0.4, 0.5) is 0 Å². The number of imidazole rings is 1. The molecule has 21 nitrogen and oxygen atoms in total. The molecule has 2 heterocycles. The summed E-state index contributed by atoms with van der Waals surface area (Å²) in [5.74, 6) is -4.57. The van der Waals surface area contributed by atoms with Gasteiger partial charge in [-0.15, -0.1) is 0 Å². The number of carbonyl (C=O) groups is 6. The number of phosphoric acid groups is 1. The molecular weight excluding hydrogens is 864 g/mol. The lowest BCUT2D eigenvalue weighted by Gasteiger charge is -2.34. The van der Waals surface area contributed by atoms with Crippen molar-refractivity contribution >= 4 is 55.9 Å². The van der Waals surface area contributed by atoms with Crippen molar-refractivity contribution < 1.29 is 62.6 Å². The largest absolute Gasteiger partial charge is 0.472 e. The lowest BCUT2D eigenvalue weighted by molar-refractivity contribution is -0.139. The molecule has 1 saturated heterocycles. The number of rotatable bonds is 26. The van der Waals surface area contributed by atoms with Gasteiger partial charge in [-0.2, -0.15) is 12.6 Å². The lowest BCUT2D eigenvalue weighted by Crippen LogP contribution is -2.61. The summed E-state index contributed by atoms with van der Waals surface area (Å²) >= 11 is 4.50. The second kappa shape index (κ2) is 24.6. The Kier molecular flexibility index (Phi) is 20.7. The van der Waals surface area contributed by atoms with Crippen molar-refractivity contribution in [1.82, 2.24) is 35.7 Å². The highest BCUT2D eigenvalue weighted by Crippen LogP contribution is 2.45. The number of carbonyl (C=O) groups excluding carboxylic acids is 6. The zero-order valence-electron chi connectivity index (χ0n) is 36.2. The van der Waals surface area contributed by atoms with Crippen LogP contribution in [0.1, 0.15) is 78.0 Å². The molecule has 0 bridgehead atoms. The highest BCUT2D eigenvalue weighted by Gasteiger charge is 2.39. The predicted molar refractivity (Wildman–Crippen MR) is 231 cm³/mol. The zero-order valence-corrected chi connectivity index (χ0v) is 38.0. The summed E-state index contributed by atoms with van der Waals surface area (Å²) in [6, 6.07) is 2.48. The normalized spacial score (nSPS) is 18.8. The van der Waals surface area contributed by atoms with E-state index in [0.29, 0.717) is 37.3 Å². The van der Waals surface area contributed by atoms with Gasteiger partial charge in [-0.25, -0.2) is 9.55 Å². The number of nitrogens with zero attached hydrogens (tertiary/aromatic N) is 3. The van der Waals surface area contributed by atoms with E-state index < -0.39 is 105 Å². The Labute approximate surface area is 372 Å². The molecular formula is C40H63N8O13PS. The third kappa shape index (κ3) is 15.4. The second-order valence-corrected chi connectivity index (χ2v) is 17.9. The number of aliphatic hydroxyl groups excluding tert-OH is 3. The Morgan fingerprint density at radius 2 is 1.62 bits per heavy atom. The molecule has 0 aliphatic carbocycles. The maximum atomic E-state index is 14.3. The average molecular weight is 927 g/mol. The van der Waals surface area contributed by atoms with Gasteiger partial charge in [0, 0.05) is 31.8 Å². The van der Waals surface area contributed by atoms with Crippen molar-refractivity contribution in [2.24, 2.45) is 11.7 Å². The molecule has 3 rings (SSSR count). The molecule has 9 unspecified atom stereocenters. The number of aromatic nitrogens is 2. The van der Waals surface area contributed by atoms with Crippen LogP contribution in [0.15, 0.2) is 42.9 Å². The number of nitrogens with one attached hydrogen (secondary N) is 4. The highest BCUT2D eigenvalue weighted by molar-refractivity contribution is 7.80. The minimum absolute atomic E-state index is 0.118. The maximum absolute atomic E-state index is 14.3. The van der Waals surface area contributed by atoms with Crippen LogP contribution in [0.5, 0.6) is 0 Å². The molecule has 1 aliphatic heterocycles. The fraction of sp³-hybridized carbons (Fsp3) is 0.625. The quantitative estimate of drug-likeness (QED) is 0.0410. The summed E-state index contributed by atoms with van der Waals surface area (Å²) in [5.41, 5.74) is 6.13. The van der Waals surface area contributed by atoms with Crippen molar-refractivity contribution in [1.29, 1.82) is 0 Å². The summed E-state index contributed by atoms with van der Waals surface area (Å²) in [6.45, 7) is 6.34. The van der Waals surface area contributed by atoms with E-state index in [0.717, 1.165) is 12.5 Å². The second-order valence-electron chi connectivity index (χ2n) is 16.1. The van der Waals surface area contributed by atoms with E-state index in [-0.39, 0.29) is 31.1 Å². The van der Waals surface area contributed by atoms with Crippen molar-refractivity contribution in [2.75, 3.05) is 32.1 Å². The van der Waals surface area contributed by atoms with E-state index in [2.05, 4.69) is 38.9 Å². The van der Waals surface area contributed by atoms with Crippen LogP contribution in [0.2, 0.25) is 0 Å².